The maximum Gasteiger partial charge on any atom is 0.252 e. The number of benzene rings is 7. The van der Waals surface area contributed by atoms with Crippen molar-refractivity contribution >= 4 is 112 Å². The van der Waals surface area contributed by atoms with E-state index in [-0.39, 0.29) is 45.9 Å². The Bertz CT molecular complexity index is 3950. The highest BCUT2D eigenvalue weighted by Crippen LogP contribution is 2.51. The van der Waals surface area contributed by atoms with Crippen LogP contribution in [0.3, 0.4) is 0 Å². The highest BCUT2D eigenvalue weighted by Gasteiger charge is 2.52. The minimum absolute atomic E-state index is 0.0395. The highest BCUT2D eigenvalue weighted by molar-refractivity contribution is 7.04. The van der Waals surface area contributed by atoms with Gasteiger partial charge in [0.2, 0.25) is 0 Å². The van der Waals surface area contributed by atoms with Crippen molar-refractivity contribution in [1.29, 1.82) is 0 Å². The fourth-order valence-corrected chi connectivity index (χ4v) is 15.3. The summed E-state index contributed by atoms with van der Waals surface area (Å²) < 4.78 is 8.46. The number of aromatic nitrogens is 3. The van der Waals surface area contributed by atoms with Crippen molar-refractivity contribution in [3.8, 4) is 17.1 Å². The summed E-state index contributed by atoms with van der Waals surface area (Å²) in [7, 11) is 0. The van der Waals surface area contributed by atoms with Crippen molar-refractivity contribution in [2.45, 2.75) is 164 Å². The van der Waals surface area contributed by atoms with E-state index >= 15 is 0 Å². The molecule has 0 spiro atoms. The number of hydrogen-bond acceptors (Lipinski definition) is 0. The van der Waals surface area contributed by atoms with Crippen LogP contribution in [-0.2, 0) is 32.5 Å². The smallest absolute Gasteiger partial charge is 0.252 e. The van der Waals surface area contributed by atoms with Crippen LogP contribution >= 0.6 is 0 Å². The Morgan fingerprint density at radius 3 is 0.847 bits per heavy atom. The van der Waals surface area contributed by atoms with E-state index < -0.39 is 0 Å². The molecule has 0 amide bonds. The molecule has 0 atom stereocenters. The Labute approximate surface area is 428 Å². The monoisotopic (exact) mass is 940 g/mol. The first-order valence-electron chi connectivity index (χ1n) is 27.1. The third-order valence-corrected chi connectivity index (χ3v) is 18.1. The van der Waals surface area contributed by atoms with E-state index in [0.29, 0.717) is 0 Å². The summed E-state index contributed by atoms with van der Waals surface area (Å²) >= 11 is 0. The minimum Gasteiger partial charge on any atom is -0.311 e. The number of nitrogens with zero attached hydrogens (tertiary/aromatic N) is 3. The molecule has 14 rings (SSSR count). The standard InChI is InChI=1S/C67H71B2N3/c1-34-55-53-61-54-56(34)71-46-25-21-23-36(63(5,6)7)48(46)50-38(65(11,12)13)27-31-42(58(50)71)69(54)44-33-29-40(67(17,18)19)52-51-39(66(14,15)16)28-32-43(59(51)72(61)60(44)52)68(53)41-30-26-37(64(8,9)10)49-47-35(62(2,3)4)22-20-24-45(47)70(55)57(41)49/h20-33H,1-19H3. The Balaban J connectivity index is 1.32. The van der Waals surface area contributed by atoms with Crippen molar-refractivity contribution in [3.05, 3.63) is 124 Å². The SMILES string of the molecule is Cc1c2c3c4c5c1-n1c6cccc(C(C)(C)C)c6c6c(C(C)(C)C)ccc(c61)B5c1ccc(C(C)(C)C)c5c6c(C(C)(C)C)ccc(c6n-4c15)B3c1ccc(C(C)(C)C)c3c4c(C(C)(C)C)cccc4n-2c13. The van der Waals surface area contributed by atoms with Crippen molar-refractivity contribution in [2.75, 3.05) is 0 Å². The number of hydrogen-bond donors (Lipinski definition) is 0. The molecule has 0 aliphatic carbocycles. The second kappa shape index (κ2) is 13.0. The fraction of sp³-hybridized carbons (Fsp3) is 0.373. The van der Waals surface area contributed by atoms with Crippen LogP contribution in [0.4, 0.5) is 0 Å². The summed E-state index contributed by atoms with van der Waals surface area (Å²) in [6.07, 6.45) is 0. The maximum absolute atomic E-state index is 2.86. The van der Waals surface area contributed by atoms with Gasteiger partial charge in [-0.05, 0) is 123 Å². The van der Waals surface area contributed by atoms with Crippen LogP contribution in [0.2, 0.25) is 0 Å². The van der Waals surface area contributed by atoms with Crippen molar-refractivity contribution in [2.24, 2.45) is 0 Å². The van der Waals surface area contributed by atoms with E-state index in [1.165, 1.54) is 154 Å². The molecule has 0 saturated heterocycles. The zero-order valence-electron chi connectivity index (χ0n) is 46.6. The van der Waals surface area contributed by atoms with E-state index in [4.69, 9.17) is 0 Å². The van der Waals surface area contributed by atoms with Crippen LogP contribution in [0, 0.1) is 6.92 Å². The summed E-state index contributed by atoms with van der Waals surface area (Å²) in [6, 6.07) is 34.9. The van der Waals surface area contributed by atoms with Gasteiger partial charge in [-0.1, -0.05) is 197 Å². The molecule has 0 bridgehead atoms. The van der Waals surface area contributed by atoms with E-state index in [9.17, 15) is 0 Å². The van der Waals surface area contributed by atoms with Crippen LogP contribution in [0.15, 0.2) is 84.9 Å². The second-order valence-corrected chi connectivity index (χ2v) is 29.0. The number of rotatable bonds is 0. The number of fused-ring (bicyclic) bond motifs is 13. The predicted octanol–water partition coefficient (Wildman–Crippen LogP) is 13.4. The van der Waals surface area contributed by atoms with Gasteiger partial charge >= 0.3 is 0 Å². The molecule has 5 heteroatoms. The van der Waals surface area contributed by atoms with Crippen molar-refractivity contribution in [1.82, 2.24) is 13.7 Å². The Kier molecular flexibility index (Phi) is 8.11. The minimum atomic E-state index is -0.0855. The molecule has 4 aliphatic rings. The summed E-state index contributed by atoms with van der Waals surface area (Å²) in [5, 5.41) is 8.62. The maximum atomic E-state index is 2.86. The molecule has 10 aromatic rings. The largest absolute Gasteiger partial charge is 0.311 e. The van der Waals surface area contributed by atoms with Crippen LogP contribution in [-0.4, -0.2) is 27.1 Å². The lowest BCUT2D eigenvalue weighted by Gasteiger charge is -2.42. The summed E-state index contributed by atoms with van der Waals surface area (Å²) in [4.78, 5) is 0. The molecule has 72 heavy (non-hydrogen) atoms. The molecular formula is C67H71B2N3. The predicted molar refractivity (Wildman–Crippen MR) is 316 cm³/mol. The molecular weight excluding hydrogens is 868 g/mol. The molecule has 3 aromatic heterocycles. The molecule has 4 aliphatic heterocycles. The molecule has 7 aromatic carbocycles. The zero-order chi connectivity index (χ0) is 51.0. The van der Waals surface area contributed by atoms with Crippen LogP contribution in [0.5, 0.6) is 0 Å². The normalized spacial score (nSPS) is 15.1. The van der Waals surface area contributed by atoms with Gasteiger partial charge in [0.05, 0.1) is 11.0 Å². The summed E-state index contributed by atoms with van der Waals surface area (Å²) in [5.74, 6) is 0. The van der Waals surface area contributed by atoms with Crippen molar-refractivity contribution in [3.63, 3.8) is 0 Å². The molecule has 3 nitrogen and oxygen atoms in total. The average Bonchev–Trinajstić information content (AvgIpc) is 3.93. The third kappa shape index (κ3) is 5.17. The van der Waals surface area contributed by atoms with Crippen LogP contribution in [0.25, 0.3) is 82.5 Å². The van der Waals surface area contributed by atoms with Gasteiger partial charge in [0.25, 0.3) is 13.4 Å². The van der Waals surface area contributed by atoms with Gasteiger partial charge in [-0.2, -0.15) is 0 Å². The van der Waals surface area contributed by atoms with E-state index in [1.807, 2.05) is 0 Å². The average molecular weight is 940 g/mol. The Hall–Kier alpha value is -5.93. The van der Waals surface area contributed by atoms with Crippen LogP contribution in [0.1, 0.15) is 164 Å². The van der Waals surface area contributed by atoms with Gasteiger partial charge < -0.3 is 13.7 Å². The third-order valence-electron chi connectivity index (χ3n) is 18.1. The van der Waals surface area contributed by atoms with E-state index in [1.54, 1.807) is 0 Å². The molecule has 0 radical (unpaired) electrons. The van der Waals surface area contributed by atoms with Crippen LogP contribution < -0.4 is 32.8 Å². The molecule has 360 valence electrons. The molecule has 0 unspecified atom stereocenters. The van der Waals surface area contributed by atoms with Crippen molar-refractivity contribution < 1.29 is 0 Å². The quantitative estimate of drug-likeness (QED) is 0.135. The first-order valence-corrected chi connectivity index (χ1v) is 27.1. The lowest BCUT2D eigenvalue weighted by Crippen LogP contribution is -2.67. The lowest BCUT2D eigenvalue weighted by atomic mass is 9.29. The van der Waals surface area contributed by atoms with Gasteiger partial charge in [0.1, 0.15) is 0 Å². The first-order chi connectivity index (χ1) is 33.5. The Morgan fingerprint density at radius 1 is 0.292 bits per heavy atom. The highest BCUT2D eigenvalue weighted by atomic mass is 15.1. The van der Waals surface area contributed by atoms with Gasteiger partial charge in [-0.3, -0.25) is 0 Å². The second-order valence-electron chi connectivity index (χ2n) is 29.0. The van der Waals surface area contributed by atoms with Gasteiger partial charge in [-0.25, -0.2) is 0 Å². The summed E-state index contributed by atoms with van der Waals surface area (Å²) in [6.45, 7) is 46.2. The van der Waals surface area contributed by atoms with Gasteiger partial charge in [0, 0.05) is 71.4 Å². The molecule has 0 saturated carbocycles. The lowest BCUT2D eigenvalue weighted by molar-refractivity contribution is 0.592. The van der Waals surface area contributed by atoms with Gasteiger partial charge in [-0.15, -0.1) is 0 Å². The molecule has 0 fully saturated rings. The van der Waals surface area contributed by atoms with E-state index in [2.05, 4.69) is 230 Å². The zero-order valence-corrected chi connectivity index (χ0v) is 46.6. The van der Waals surface area contributed by atoms with E-state index in [0.717, 1.165) is 0 Å². The molecule has 7 heterocycles. The molecule has 0 N–H and O–H groups in total. The topological polar surface area (TPSA) is 14.8 Å². The fourth-order valence-electron chi connectivity index (χ4n) is 15.3. The Morgan fingerprint density at radius 2 is 0.556 bits per heavy atom. The first kappa shape index (κ1) is 44.7. The summed E-state index contributed by atoms with van der Waals surface area (Å²) in [5.41, 5.74) is 30.7. The van der Waals surface area contributed by atoms with Gasteiger partial charge in [0.15, 0.2) is 0 Å².